The molecular formula is C20H20N2O4. The van der Waals surface area contributed by atoms with Gasteiger partial charge in [0.2, 0.25) is 11.8 Å². The number of benzene rings is 1. The summed E-state index contributed by atoms with van der Waals surface area (Å²) >= 11 is 0. The average molecular weight is 352 g/mol. The SMILES string of the molecule is C=CCOc1ccc(C2=NO[C@H]3[C@H]4C[C@@H]([C@@H]23)[C@@H]2C(=O)N(C)C(=O)[C@H]42)cc1. The lowest BCUT2D eigenvalue weighted by molar-refractivity contribution is -0.139. The first-order chi connectivity index (χ1) is 12.6. The van der Waals surface area contributed by atoms with E-state index < -0.39 is 0 Å². The molecular weight excluding hydrogens is 332 g/mol. The van der Waals surface area contributed by atoms with Crippen LogP contribution in [0.25, 0.3) is 0 Å². The first kappa shape index (κ1) is 15.6. The lowest BCUT2D eigenvalue weighted by atomic mass is 9.71. The Kier molecular flexibility index (Phi) is 3.26. The zero-order chi connectivity index (χ0) is 18.0. The van der Waals surface area contributed by atoms with Gasteiger partial charge >= 0.3 is 0 Å². The van der Waals surface area contributed by atoms with Gasteiger partial charge in [0.25, 0.3) is 0 Å². The summed E-state index contributed by atoms with van der Waals surface area (Å²) in [7, 11) is 1.59. The van der Waals surface area contributed by atoms with Crippen LogP contribution >= 0.6 is 0 Å². The van der Waals surface area contributed by atoms with Crippen molar-refractivity contribution in [1.29, 1.82) is 0 Å². The van der Waals surface area contributed by atoms with Gasteiger partial charge in [0.05, 0.1) is 17.5 Å². The highest BCUT2D eigenvalue weighted by Crippen LogP contribution is 2.61. The number of likely N-dealkylation sites (tertiary alicyclic amines) is 1. The van der Waals surface area contributed by atoms with Crippen molar-refractivity contribution in [2.75, 3.05) is 13.7 Å². The standard InChI is InChI=1S/C20H20N2O4/c1-3-8-25-11-6-4-10(5-7-11)17-16-12-9-13(18(16)26-21-17)15-14(12)19(23)22(2)20(15)24/h3-7,12-16,18H,1,8-9H2,2H3/t12-,13+,14+,15-,16+,18+/m1/s1. The monoisotopic (exact) mass is 352 g/mol. The Bertz CT molecular complexity index is 831. The Morgan fingerprint density at radius 2 is 1.88 bits per heavy atom. The Morgan fingerprint density at radius 1 is 1.19 bits per heavy atom. The molecule has 2 heterocycles. The second-order valence-corrected chi connectivity index (χ2v) is 7.55. The van der Waals surface area contributed by atoms with Crippen molar-refractivity contribution in [2.45, 2.75) is 12.5 Å². The predicted molar refractivity (Wildman–Crippen MR) is 93.4 cm³/mol. The van der Waals surface area contributed by atoms with E-state index in [4.69, 9.17) is 9.57 Å². The van der Waals surface area contributed by atoms with Crippen LogP contribution in [0.4, 0.5) is 0 Å². The van der Waals surface area contributed by atoms with Gasteiger partial charge in [-0.05, 0) is 36.6 Å². The summed E-state index contributed by atoms with van der Waals surface area (Å²) in [5.41, 5.74) is 1.88. The molecule has 0 radical (unpaired) electrons. The van der Waals surface area contributed by atoms with Gasteiger partial charge in [-0.15, -0.1) is 0 Å². The second-order valence-electron chi connectivity index (χ2n) is 7.55. The maximum absolute atomic E-state index is 12.6. The maximum Gasteiger partial charge on any atom is 0.233 e. The summed E-state index contributed by atoms with van der Waals surface area (Å²) in [5, 5.41) is 4.34. The third-order valence-electron chi connectivity index (χ3n) is 6.43. The fourth-order valence-electron chi connectivity index (χ4n) is 5.39. The van der Waals surface area contributed by atoms with Gasteiger partial charge in [-0.1, -0.05) is 17.8 Å². The number of hydrogen-bond acceptors (Lipinski definition) is 5. The van der Waals surface area contributed by atoms with Crippen molar-refractivity contribution in [3.63, 3.8) is 0 Å². The molecule has 6 atom stereocenters. The summed E-state index contributed by atoms with van der Waals surface area (Å²) in [6.45, 7) is 4.10. The highest BCUT2D eigenvalue weighted by molar-refractivity contribution is 6.08. The van der Waals surface area contributed by atoms with Crippen molar-refractivity contribution in [1.82, 2.24) is 4.90 Å². The highest BCUT2D eigenvalue weighted by Gasteiger charge is 2.69. The van der Waals surface area contributed by atoms with Gasteiger partial charge in [-0.2, -0.15) is 0 Å². The van der Waals surface area contributed by atoms with Gasteiger partial charge in [-0.25, -0.2) is 0 Å². The number of oxime groups is 1. The zero-order valence-corrected chi connectivity index (χ0v) is 14.5. The van der Waals surface area contributed by atoms with Gasteiger partial charge in [0, 0.05) is 24.4 Å². The third kappa shape index (κ3) is 1.90. The van der Waals surface area contributed by atoms with Crippen LogP contribution < -0.4 is 4.74 Å². The van der Waals surface area contributed by atoms with Crippen LogP contribution in [0.3, 0.4) is 0 Å². The summed E-state index contributed by atoms with van der Waals surface area (Å²) < 4.78 is 5.53. The normalized spacial score (nSPS) is 36.7. The van der Waals surface area contributed by atoms with E-state index in [0.717, 1.165) is 23.4 Å². The van der Waals surface area contributed by atoms with Crippen LogP contribution in [0.2, 0.25) is 0 Å². The molecule has 1 aromatic rings. The minimum absolute atomic E-state index is 0.0367. The summed E-state index contributed by atoms with van der Waals surface area (Å²) in [6.07, 6.45) is 2.49. The summed E-state index contributed by atoms with van der Waals surface area (Å²) in [4.78, 5) is 32.1. The zero-order valence-electron chi connectivity index (χ0n) is 14.5. The molecule has 2 bridgehead atoms. The fraction of sp³-hybridized carbons (Fsp3) is 0.450. The van der Waals surface area contributed by atoms with Crippen molar-refractivity contribution in [2.24, 2.45) is 34.7 Å². The average Bonchev–Trinajstić information content (AvgIpc) is 3.38. The molecule has 2 aliphatic carbocycles. The van der Waals surface area contributed by atoms with E-state index in [2.05, 4.69) is 11.7 Å². The number of carbonyl (C=O) groups is 2. The number of imide groups is 1. The molecule has 6 heteroatoms. The van der Waals surface area contributed by atoms with Crippen LogP contribution in [0.5, 0.6) is 5.75 Å². The van der Waals surface area contributed by atoms with Crippen LogP contribution in [-0.4, -0.2) is 42.2 Å². The minimum atomic E-state index is -0.219. The number of fused-ring (bicyclic) bond motifs is 8. The predicted octanol–water partition coefficient (Wildman–Crippen LogP) is 1.85. The second kappa shape index (κ2) is 5.43. The van der Waals surface area contributed by atoms with E-state index in [1.54, 1.807) is 13.1 Å². The Hall–Kier alpha value is -2.63. The van der Waals surface area contributed by atoms with Gasteiger partial charge in [0.15, 0.2) is 0 Å². The third-order valence-corrected chi connectivity index (χ3v) is 6.43. The van der Waals surface area contributed by atoms with Crippen molar-refractivity contribution in [3.05, 3.63) is 42.5 Å². The molecule has 6 nitrogen and oxygen atoms in total. The number of nitrogens with zero attached hydrogens (tertiary/aromatic N) is 2. The summed E-state index contributed by atoms with van der Waals surface area (Å²) in [5.74, 6) is 0.573. The molecule has 0 unspecified atom stereocenters. The lowest BCUT2D eigenvalue weighted by Gasteiger charge is -2.29. The molecule has 0 spiro atoms. The first-order valence-corrected chi connectivity index (χ1v) is 9.01. The fourth-order valence-corrected chi connectivity index (χ4v) is 5.39. The number of ether oxygens (including phenoxy) is 1. The molecule has 2 aliphatic heterocycles. The van der Waals surface area contributed by atoms with Crippen LogP contribution in [0.1, 0.15) is 12.0 Å². The summed E-state index contributed by atoms with van der Waals surface area (Å²) in [6, 6.07) is 7.76. The van der Waals surface area contributed by atoms with E-state index in [1.807, 2.05) is 24.3 Å². The molecule has 0 aromatic heterocycles. The number of rotatable bonds is 4. The topological polar surface area (TPSA) is 68.2 Å². The quantitative estimate of drug-likeness (QED) is 0.613. The van der Waals surface area contributed by atoms with Gasteiger partial charge in [-0.3, -0.25) is 14.5 Å². The molecule has 4 aliphatic rings. The Labute approximate surface area is 151 Å². The molecule has 3 fully saturated rings. The Morgan fingerprint density at radius 3 is 2.58 bits per heavy atom. The maximum atomic E-state index is 12.6. The van der Waals surface area contributed by atoms with E-state index in [-0.39, 0.29) is 47.5 Å². The lowest BCUT2D eigenvalue weighted by Crippen LogP contribution is -2.41. The minimum Gasteiger partial charge on any atom is -0.490 e. The molecule has 1 aromatic carbocycles. The largest absolute Gasteiger partial charge is 0.490 e. The van der Waals surface area contributed by atoms with E-state index >= 15 is 0 Å². The molecule has 26 heavy (non-hydrogen) atoms. The van der Waals surface area contributed by atoms with Crippen molar-refractivity contribution < 1.29 is 19.2 Å². The van der Waals surface area contributed by atoms with Crippen LogP contribution in [0, 0.1) is 29.6 Å². The smallest absolute Gasteiger partial charge is 0.233 e. The van der Waals surface area contributed by atoms with E-state index in [1.165, 1.54) is 4.90 Å². The van der Waals surface area contributed by atoms with Crippen molar-refractivity contribution in [3.8, 4) is 5.75 Å². The molecule has 0 N–H and O–H groups in total. The molecule has 5 rings (SSSR count). The number of hydrogen-bond donors (Lipinski definition) is 0. The molecule has 2 saturated carbocycles. The van der Waals surface area contributed by atoms with Gasteiger partial charge in [0.1, 0.15) is 18.5 Å². The molecule has 1 saturated heterocycles. The van der Waals surface area contributed by atoms with E-state index in [0.29, 0.717) is 6.61 Å². The van der Waals surface area contributed by atoms with Crippen LogP contribution in [-0.2, 0) is 14.4 Å². The highest BCUT2D eigenvalue weighted by atomic mass is 16.6. The first-order valence-electron chi connectivity index (χ1n) is 9.01. The van der Waals surface area contributed by atoms with Crippen LogP contribution in [0.15, 0.2) is 42.1 Å². The molecule has 134 valence electrons. The van der Waals surface area contributed by atoms with Gasteiger partial charge < -0.3 is 9.57 Å². The Balaban J connectivity index is 1.42. The van der Waals surface area contributed by atoms with E-state index in [9.17, 15) is 9.59 Å². The number of amides is 2. The van der Waals surface area contributed by atoms with Crippen molar-refractivity contribution >= 4 is 17.5 Å². The number of carbonyl (C=O) groups excluding carboxylic acids is 2. The molecule has 2 amide bonds.